The second kappa shape index (κ2) is 42.2. The summed E-state index contributed by atoms with van der Waals surface area (Å²) in [6.07, 6.45) is 7.97. The first-order chi connectivity index (χ1) is 52.2. The fourth-order valence-electron chi connectivity index (χ4n) is 13.7. The maximum absolute atomic E-state index is 11.9. The molecule has 1 heterocycles. The van der Waals surface area contributed by atoms with Crippen LogP contribution in [-0.2, 0) is 73.7 Å². The summed E-state index contributed by atoms with van der Waals surface area (Å²) in [5.41, 5.74) is 14.3. The standard InChI is InChI=1S/C85H109B2N5O15Si/c1-61(2)80(93)25-18-37-100-41-45-104-49-51-106-48-44-103-40-36-92(58-66-20-13-17-24-79(66)87(97)98)60-77-70-22-15-14-21-69(70)76(59-91(57-65-19-12-16-23-78(65)86(95)96)35-39-102-43-47-107-52-50-105-46-42-101-38-34-88-85(94)62(3)4)71-30-26-63(53-74(71)77)64-27-33-81(99-9)75(54-64)84-72-31-28-67(89(5)6)55-82(72)108(10,11)83-56-68(90(7)8)29-32-73(83)84/h12-17,19-24,26-33,53-56,95-98H,1,3,18,25,34-52,57-60H2,2,4-11H3/p+1. The van der Waals surface area contributed by atoms with E-state index in [4.69, 9.17) is 42.6 Å². The molecule has 0 bridgehead atoms. The molecule has 0 spiro atoms. The average molecular weight is 1490 g/mol. The van der Waals surface area contributed by atoms with Crippen molar-refractivity contribution in [1.82, 2.24) is 15.1 Å². The number of allylic oxidation sites excluding steroid dienone is 6. The van der Waals surface area contributed by atoms with Crippen molar-refractivity contribution in [2.24, 2.45) is 0 Å². The highest BCUT2D eigenvalue weighted by atomic mass is 28.3. The lowest BCUT2D eigenvalue weighted by atomic mass is 9.77. The van der Waals surface area contributed by atoms with Crippen LogP contribution in [0.4, 0.5) is 5.69 Å². The van der Waals surface area contributed by atoms with Crippen LogP contribution in [0.1, 0.15) is 60.1 Å². The van der Waals surface area contributed by atoms with Gasteiger partial charge < -0.3 is 72.9 Å². The number of hydrogen-bond donors (Lipinski definition) is 5. The van der Waals surface area contributed by atoms with Crippen LogP contribution in [0.25, 0.3) is 38.2 Å². The third kappa shape index (κ3) is 23.3. The predicted molar refractivity (Wildman–Crippen MR) is 436 cm³/mol. The van der Waals surface area contributed by atoms with E-state index in [1.807, 2.05) is 36.4 Å². The highest BCUT2D eigenvalue weighted by Gasteiger charge is 2.41. The van der Waals surface area contributed by atoms with Gasteiger partial charge in [-0.15, -0.1) is 0 Å². The number of carbonyl (C=O) groups is 2. The molecule has 0 saturated heterocycles. The topological polar surface area (TPSA) is 223 Å². The Bertz CT molecular complexity index is 4340. The third-order valence-corrected chi connectivity index (χ3v) is 23.1. The maximum Gasteiger partial charge on any atom is 0.488 e. The van der Waals surface area contributed by atoms with E-state index in [9.17, 15) is 29.7 Å². The monoisotopic (exact) mass is 1490 g/mol. The molecule has 0 atom stereocenters. The Morgan fingerprint density at radius 1 is 0.528 bits per heavy atom. The van der Waals surface area contributed by atoms with Crippen molar-refractivity contribution in [2.75, 3.05) is 166 Å². The second-order valence-electron chi connectivity index (χ2n) is 28.2. The van der Waals surface area contributed by atoms with Crippen LogP contribution in [0.15, 0.2) is 181 Å². The van der Waals surface area contributed by atoms with Crippen molar-refractivity contribution in [3.8, 4) is 16.9 Å². The Balaban J connectivity index is 1.05. The van der Waals surface area contributed by atoms with Gasteiger partial charge in [-0.3, -0.25) is 19.4 Å². The summed E-state index contributed by atoms with van der Waals surface area (Å²) >= 11 is 0. The van der Waals surface area contributed by atoms with E-state index >= 15 is 0 Å². The molecular weight excluding hydrogens is 1380 g/mol. The zero-order valence-corrected chi connectivity index (χ0v) is 65.7. The Labute approximate surface area is 639 Å². The van der Waals surface area contributed by atoms with E-state index in [0.29, 0.717) is 186 Å². The van der Waals surface area contributed by atoms with Crippen LogP contribution >= 0.6 is 0 Å². The first-order valence-electron chi connectivity index (χ1n) is 37.4. The Hall–Kier alpha value is -8.04. The summed E-state index contributed by atoms with van der Waals surface area (Å²) in [7, 11) is 4.45. The molecule has 1 aliphatic heterocycles. The number of anilines is 1. The molecule has 0 radical (unpaired) electrons. The Kier molecular flexibility index (Phi) is 32.8. The molecule has 1 amide bonds. The lowest BCUT2D eigenvalue weighted by Gasteiger charge is -2.38. The molecule has 1 aliphatic carbocycles. The zero-order valence-electron chi connectivity index (χ0n) is 64.7. The SMILES string of the molecule is C=C(C)C(=O)CCCOCCOCCOCCOCCN(Cc1ccccc1B(O)O)Cc1c2ccccc2c(CN(CCOCCOCCOCCOCCNC(=O)C(=C)C)Cc2ccccc2B(O)O)c2ccc(-c3ccc(OC)c(C4=C5C=CC(=[N+](C)C)C=C5[Si](C)(C)c5cc(N(C)C)ccc54)c3)cc12. The van der Waals surface area contributed by atoms with Crippen molar-refractivity contribution in [3.63, 3.8) is 0 Å². The number of nitrogens with zero attached hydrogens (tertiary/aromatic N) is 4. The summed E-state index contributed by atoms with van der Waals surface area (Å²) in [4.78, 5) is 30.4. The van der Waals surface area contributed by atoms with Crippen LogP contribution in [-0.4, -0.2) is 235 Å². The summed E-state index contributed by atoms with van der Waals surface area (Å²) in [6.45, 7) is 24.7. The van der Waals surface area contributed by atoms with Crippen LogP contribution in [0.5, 0.6) is 5.75 Å². The van der Waals surface area contributed by atoms with Crippen LogP contribution < -0.4 is 31.1 Å². The third-order valence-electron chi connectivity index (χ3n) is 19.6. The molecule has 574 valence electrons. The van der Waals surface area contributed by atoms with Crippen LogP contribution in [0.3, 0.4) is 0 Å². The molecule has 23 heteroatoms. The molecule has 7 aromatic carbocycles. The lowest BCUT2D eigenvalue weighted by Crippen LogP contribution is -2.49. The number of methoxy groups -OCH3 is 1. The van der Waals surface area contributed by atoms with Crippen molar-refractivity contribution >= 4 is 88.6 Å². The normalized spacial score (nSPS) is 13.1. The van der Waals surface area contributed by atoms with Gasteiger partial charge in [0.25, 0.3) is 0 Å². The average Bonchev–Trinajstić information content (AvgIpc) is 0.723. The van der Waals surface area contributed by atoms with Gasteiger partial charge in [0.1, 0.15) is 27.9 Å². The zero-order chi connectivity index (χ0) is 77.1. The molecule has 0 saturated carbocycles. The predicted octanol–water partition coefficient (Wildman–Crippen LogP) is 8.33. The van der Waals surface area contributed by atoms with E-state index in [1.165, 1.54) is 21.5 Å². The number of fused-ring (bicyclic) bond motifs is 4. The van der Waals surface area contributed by atoms with Crippen molar-refractivity contribution < 1.29 is 76.9 Å². The van der Waals surface area contributed by atoms with E-state index in [1.54, 1.807) is 33.1 Å². The molecule has 0 aromatic heterocycles. The number of Topliss-reactive ketones (excluding diaryl/α,β-unsaturated/α-hetero) is 1. The Morgan fingerprint density at radius 2 is 1.01 bits per heavy atom. The fourth-order valence-corrected chi connectivity index (χ4v) is 16.8. The van der Waals surface area contributed by atoms with Gasteiger partial charge in [0.05, 0.1) is 106 Å². The minimum Gasteiger partial charge on any atom is -0.496 e. The van der Waals surface area contributed by atoms with Crippen molar-refractivity contribution in [3.05, 3.63) is 214 Å². The number of rotatable bonds is 47. The van der Waals surface area contributed by atoms with E-state index < -0.39 is 22.3 Å². The highest BCUT2D eigenvalue weighted by molar-refractivity contribution is 6.98. The first kappa shape index (κ1) is 84.0. The number of hydrogen-bond acceptors (Lipinski definition) is 18. The van der Waals surface area contributed by atoms with Crippen molar-refractivity contribution in [2.45, 2.75) is 66.0 Å². The second-order valence-corrected chi connectivity index (χ2v) is 32.6. The maximum atomic E-state index is 11.9. The van der Waals surface area contributed by atoms with E-state index in [0.717, 1.165) is 83.2 Å². The minimum atomic E-state index is -2.30. The molecule has 9 rings (SSSR count). The first-order valence-corrected chi connectivity index (χ1v) is 40.4. The van der Waals surface area contributed by atoms with Gasteiger partial charge in [0, 0.05) is 102 Å². The molecule has 108 heavy (non-hydrogen) atoms. The van der Waals surface area contributed by atoms with Crippen LogP contribution in [0, 0.1) is 0 Å². The molecule has 0 unspecified atom stereocenters. The molecule has 2 aliphatic rings. The largest absolute Gasteiger partial charge is 0.496 e. The molecule has 20 nitrogen and oxygen atoms in total. The summed E-state index contributed by atoms with van der Waals surface area (Å²) in [5.74, 6) is 0.615. The smallest absolute Gasteiger partial charge is 0.488 e. The summed E-state index contributed by atoms with van der Waals surface area (Å²) in [5, 5.41) is 52.7. The number of amides is 1. The lowest BCUT2D eigenvalue weighted by molar-refractivity contribution is -0.462. The van der Waals surface area contributed by atoms with Crippen molar-refractivity contribution in [1.29, 1.82) is 0 Å². The minimum absolute atomic E-state index is 0.0516. The molecular formula is C85H110B2N5O15Si+. The summed E-state index contributed by atoms with van der Waals surface area (Å²) < 4.78 is 55.7. The highest BCUT2D eigenvalue weighted by Crippen LogP contribution is 2.46. The fraction of sp³-hybridized carbons (Fsp3) is 0.400. The van der Waals surface area contributed by atoms with Gasteiger partial charge in [-0.25, -0.2) is 4.58 Å². The van der Waals surface area contributed by atoms with Gasteiger partial charge in [-0.2, -0.15) is 0 Å². The van der Waals surface area contributed by atoms with Gasteiger partial charge in [0.15, 0.2) is 11.5 Å². The van der Waals surface area contributed by atoms with Gasteiger partial charge in [0.2, 0.25) is 5.91 Å². The number of ketones is 1. The quantitative estimate of drug-likeness (QED) is 0.00795. The van der Waals surface area contributed by atoms with Gasteiger partial charge in [-0.05, 0) is 155 Å². The van der Waals surface area contributed by atoms with E-state index in [2.05, 4.69) is 176 Å². The number of nitrogens with one attached hydrogen (secondary N) is 1. The number of carbonyl (C=O) groups excluding carboxylic acids is 2. The number of ether oxygens (including phenoxy) is 9. The molecule has 0 fully saturated rings. The van der Waals surface area contributed by atoms with Crippen LogP contribution in [0.2, 0.25) is 13.1 Å². The van der Waals surface area contributed by atoms with Gasteiger partial charge in [-0.1, -0.05) is 123 Å². The summed E-state index contributed by atoms with van der Waals surface area (Å²) in [6, 6.07) is 43.6. The van der Waals surface area contributed by atoms with Gasteiger partial charge >= 0.3 is 14.2 Å². The Morgan fingerprint density at radius 3 is 1.52 bits per heavy atom. The van der Waals surface area contributed by atoms with E-state index in [-0.39, 0.29) is 11.7 Å². The number of benzene rings is 7. The molecule has 5 N–H and O–H groups in total. The molecule has 7 aromatic rings.